The molecule has 1 fully saturated rings. The van der Waals surface area contributed by atoms with Gasteiger partial charge in [-0.15, -0.1) is 0 Å². The van der Waals surface area contributed by atoms with E-state index in [1.165, 1.54) is 0 Å². The van der Waals surface area contributed by atoms with Gasteiger partial charge < -0.3 is 19.6 Å². The Hall–Kier alpha value is -1.28. The molecule has 2 rings (SSSR count). The maximum absolute atomic E-state index is 5.97. The van der Waals surface area contributed by atoms with Crippen molar-refractivity contribution < 1.29 is 14.2 Å². The number of methoxy groups -OCH3 is 1. The van der Waals surface area contributed by atoms with Crippen LogP contribution in [0.25, 0.3) is 0 Å². The number of hydrazine groups is 1. The van der Waals surface area contributed by atoms with Gasteiger partial charge in [0.05, 0.1) is 12.3 Å². The highest BCUT2D eigenvalue weighted by Gasteiger charge is 2.38. The van der Waals surface area contributed by atoms with E-state index in [-0.39, 0.29) is 0 Å². The fraction of sp³-hybridized carbons (Fsp3) is 0.692. The van der Waals surface area contributed by atoms with E-state index in [9.17, 15) is 0 Å². The van der Waals surface area contributed by atoms with Crippen molar-refractivity contribution in [3.05, 3.63) is 17.6 Å². The van der Waals surface area contributed by atoms with Crippen molar-refractivity contribution in [1.82, 2.24) is 9.97 Å². The third-order valence-electron chi connectivity index (χ3n) is 3.35. The molecule has 112 valence electrons. The van der Waals surface area contributed by atoms with Crippen LogP contribution in [0, 0.1) is 0 Å². The Morgan fingerprint density at radius 2 is 2.15 bits per heavy atom. The Morgan fingerprint density at radius 3 is 2.75 bits per heavy atom. The van der Waals surface area contributed by atoms with E-state index in [0.29, 0.717) is 38.1 Å². The number of anilines is 1. The van der Waals surface area contributed by atoms with Gasteiger partial charge in [0.25, 0.3) is 0 Å². The summed E-state index contributed by atoms with van der Waals surface area (Å²) in [4.78, 5) is 9.04. The Kier molecular flexibility index (Phi) is 5.24. The number of hydrogen-bond donors (Lipinski definition) is 2. The zero-order chi connectivity index (χ0) is 14.4. The second kappa shape index (κ2) is 6.94. The van der Waals surface area contributed by atoms with Crippen molar-refractivity contribution in [2.45, 2.75) is 32.0 Å². The van der Waals surface area contributed by atoms with E-state index in [2.05, 4.69) is 15.4 Å². The lowest BCUT2D eigenvalue weighted by atomic mass is 9.92. The van der Waals surface area contributed by atoms with Crippen molar-refractivity contribution in [3.63, 3.8) is 0 Å². The van der Waals surface area contributed by atoms with Crippen molar-refractivity contribution in [3.8, 4) is 0 Å². The van der Waals surface area contributed by atoms with Crippen molar-refractivity contribution in [2.24, 2.45) is 5.84 Å². The standard InChI is InChI=1S/C13H22N4O3/c1-3-20-13(4-6-19-7-5-13)12-15-10(9-18-2)8-11(16-12)17-14/h8H,3-7,9,14H2,1-2H3,(H,15,16,17). The van der Waals surface area contributed by atoms with Gasteiger partial charge in [-0.2, -0.15) is 0 Å². The smallest absolute Gasteiger partial charge is 0.163 e. The summed E-state index contributed by atoms with van der Waals surface area (Å²) in [5.74, 6) is 6.69. The average Bonchev–Trinajstić information content (AvgIpc) is 2.48. The van der Waals surface area contributed by atoms with E-state index in [1.807, 2.05) is 6.92 Å². The maximum Gasteiger partial charge on any atom is 0.163 e. The summed E-state index contributed by atoms with van der Waals surface area (Å²) >= 11 is 0. The molecular formula is C13H22N4O3. The molecular weight excluding hydrogens is 260 g/mol. The van der Waals surface area contributed by atoms with Crippen LogP contribution in [0.15, 0.2) is 6.07 Å². The molecule has 1 aliphatic rings. The predicted molar refractivity (Wildman–Crippen MR) is 73.9 cm³/mol. The molecule has 0 atom stereocenters. The van der Waals surface area contributed by atoms with E-state index in [0.717, 1.165) is 18.5 Å². The lowest BCUT2D eigenvalue weighted by Crippen LogP contribution is -2.38. The van der Waals surface area contributed by atoms with E-state index in [1.54, 1.807) is 13.2 Å². The quantitative estimate of drug-likeness (QED) is 0.593. The molecule has 0 unspecified atom stereocenters. The molecule has 0 aromatic carbocycles. The molecule has 0 spiro atoms. The van der Waals surface area contributed by atoms with Gasteiger partial charge in [0.15, 0.2) is 5.82 Å². The number of nitrogens with one attached hydrogen (secondary N) is 1. The molecule has 0 radical (unpaired) electrons. The third kappa shape index (κ3) is 3.24. The number of ether oxygens (including phenoxy) is 3. The molecule has 7 nitrogen and oxygen atoms in total. The monoisotopic (exact) mass is 282 g/mol. The van der Waals surface area contributed by atoms with Crippen molar-refractivity contribution >= 4 is 5.82 Å². The lowest BCUT2D eigenvalue weighted by Gasteiger charge is -2.35. The van der Waals surface area contributed by atoms with Gasteiger partial charge in [0.1, 0.15) is 11.4 Å². The van der Waals surface area contributed by atoms with Gasteiger partial charge in [-0.25, -0.2) is 15.8 Å². The molecule has 7 heteroatoms. The summed E-state index contributed by atoms with van der Waals surface area (Å²) in [6.07, 6.45) is 1.47. The average molecular weight is 282 g/mol. The largest absolute Gasteiger partial charge is 0.381 e. The SMILES string of the molecule is CCOC1(c2nc(COC)cc(NN)n2)CCOCC1. The van der Waals surface area contributed by atoms with Crippen LogP contribution >= 0.6 is 0 Å². The first-order valence-electron chi connectivity index (χ1n) is 6.80. The first-order valence-corrected chi connectivity index (χ1v) is 6.80. The summed E-state index contributed by atoms with van der Waals surface area (Å²) in [7, 11) is 1.63. The molecule has 2 heterocycles. The first kappa shape index (κ1) is 15.1. The fourth-order valence-electron chi connectivity index (χ4n) is 2.41. The number of hydrogen-bond acceptors (Lipinski definition) is 7. The molecule has 3 N–H and O–H groups in total. The van der Waals surface area contributed by atoms with E-state index >= 15 is 0 Å². The summed E-state index contributed by atoms with van der Waals surface area (Å²) in [6, 6.07) is 1.77. The van der Waals surface area contributed by atoms with Crippen LogP contribution in [0.3, 0.4) is 0 Å². The van der Waals surface area contributed by atoms with Crippen molar-refractivity contribution in [2.75, 3.05) is 32.4 Å². The summed E-state index contributed by atoms with van der Waals surface area (Å²) in [6.45, 7) is 4.26. The van der Waals surface area contributed by atoms with Gasteiger partial charge >= 0.3 is 0 Å². The van der Waals surface area contributed by atoms with Crippen LogP contribution in [-0.4, -0.2) is 36.9 Å². The highest BCUT2D eigenvalue weighted by molar-refractivity contribution is 5.35. The van der Waals surface area contributed by atoms with Crippen LogP contribution in [0.1, 0.15) is 31.3 Å². The minimum absolute atomic E-state index is 0.406. The molecule has 0 amide bonds. The zero-order valence-electron chi connectivity index (χ0n) is 12.0. The Morgan fingerprint density at radius 1 is 1.40 bits per heavy atom. The molecule has 0 saturated carbocycles. The number of nitrogen functional groups attached to an aromatic ring is 1. The molecule has 1 aliphatic heterocycles. The summed E-state index contributed by atoms with van der Waals surface area (Å²) in [5.41, 5.74) is 2.85. The van der Waals surface area contributed by atoms with E-state index in [4.69, 9.17) is 20.1 Å². The first-order chi connectivity index (χ1) is 9.74. The molecule has 0 bridgehead atoms. The second-order valence-corrected chi connectivity index (χ2v) is 4.69. The van der Waals surface area contributed by atoms with Gasteiger partial charge in [0, 0.05) is 45.8 Å². The minimum Gasteiger partial charge on any atom is -0.381 e. The van der Waals surface area contributed by atoms with Crippen LogP contribution < -0.4 is 11.3 Å². The van der Waals surface area contributed by atoms with Crippen LogP contribution in [0.5, 0.6) is 0 Å². The number of nitrogens with two attached hydrogens (primary N) is 1. The predicted octanol–water partition coefficient (Wildman–Crippen LogP) is 0.951. The fourth-order valence-corrected chi connectivity index (χ4v) is 2.41. The third-order valence-corrected chi connectivity index (χ3v) is 3.35. The van der Waals surface area contributed by atoms with Crippen LogP contribution in [0.2, 0.25) is 0 Å². The molecule has 1 aromatic heterocycles. The summed E-state index contributed by atoms with van der Waals surface area (Å²) in [5, 5.41) is 0. The van der Waals surface area contributed by atoms with Gasteiger partial charge in [-0.05, 0) is 6.92 Å². The van der Waals surface area contributed by atoms with Crippen LogP contribution in [-0.2, 0) is 26.4 Å². The Balaban J connectivity index is 2.38. The zero-order valence-corrected chi connectivity index (χ0v) is 12.0. The normalized spacial score (nSPS) is 17.9. The van der Waals surface area contributed by atoms with Gasteiger partial charge in [-0.3, -0.25) is 0 Å². The second-order valence-electron chi connectivity index (χ2n) is 4.69. The summed E-state index contributed by atoms with van der Waals surface area (Å²) < 4.78 is 16.5. The van der Waals surface area contributed by atoms with Crippen LogP contribution in [0.4, 0.5) is 5.82 Å². The molecule has 1 aromatic rings. The lowest BCUT2D eigenvalue weighted by molar-refractivity contribution is -0.118. The van der Waals surface area contributed by atoms with Gasteiger partial charge in [-0.1, -0.05) is 0 Å². The number of aromatic nitrogens is 2. The topological polar surface area (TPSA) is 91.5 Å². The molecule has 0 aliphatic carbocycles. The number of rotatable bonds is 6. The highest BCUT2D eigenvalue weighted by Crippen LogP contribution is 2.34. The Labute approximate surface area is 118 Å². The minimum atomic E-state index is -0.498. The maximum atomic E-state index is 5.97. The van der Waals surface area contributed by atoms with E-state index < -0.39 is 5.60 Å². The molecule has 20 heavy (non-hydrogen) atoms. The Bertz CT molecular complexity index is 430. The van der Waals surface area contributed by atoms with Crippen molar-refractivity contribution in [1.29, 1.82) is 0 Å². The van der Waals surface area contributed by atoms with Gasteiger partial charge in [0.2, 0.25) is 0 Å². The number of nitrogens with zero attached hydrogens (tertiary/aromatic N) is 2. The molecule has 1 saturated heterocycles. The highest BCUT2D eigenvalue weighted by atomic mass is 16.5.